The summed E-state index contributed by atoms with van der Waals surface area (Å²) >= 11 is 0.840. The predicted octanol–water partition coefficient (Wildman–Crippen LogP) is 3.17. The van der Waals surface area contributed by atoms with Crippen molar-refractivity contribution >= 4 is 45.9 Å². The van der Waals surface area contributed by atoms with Crippen LogP contribution >= 0.6 is 11.8 Å². The van der Waals surface area contributed by atoms with Crippen molar-refractivity contribution in [3.05, 3.63) is 40.9 Å². The molecule has 3 rings (SSSR count). The molecule has 0 radical (unpaired) electrons. The summed E-state index contributed by atoms with van der Waals surface area (Å²) in [7, 11) is 1.92. The van der Waals surface area contributed by atoms with Gasteiger partial charge in [0.05, 0.1) is 11.5 Å². The molecule has 0 bridgehead atoms. The number of ether oxygens (including phenoxy) is 1. The number of thioether (sulfide) groups is 1. The fourth-order valence-electron chi connectivity index (χ4n) is 2.81. The van der Waals surface area contributed by atoms with Gasteiger partial charge in [-0.2, -0.15) is 0 Å². The molecule has 0 spiro atoms. The van der Waals surface area contributed by atoms with E-state index in [0.29, 0.717) is 4.91 Å². The average molecular weight is 358 g/mol. The summed E-state index contributed by atoms with van der Waals surface area (Å²) in [5, 5.41) is 0.535. The second kappa shape index (κ2) is 6.76. The SMILES string of the molecule is CCOC(=O)[C@H](C)N1C(=O)S/C(=C/c2cn(C)c3ccccc23)C1=O. The Balaban J connectivity index is 1.93. The second-order valence-corrected chi connectivity index (χ2v) is 6.69. The number of carbonyl (C=O) groups is 3. The van der Waals surface area contributed by atoms with Gasteiger partial charge < -0.3 is 9.30 Å². The number of imide groups is 1. The van der Waals surface area contributed by atoms with Crippen molar-refractivity contribution in [2.75, 3.05) is 6.61 Å². The maximum atomic E-state index is 12.6. The number of aryl methyl sites for hydroxylation is 1. The molecule has 1 aliphatic rings. The molecule has 2 amide bonds. The Labute approximate surface area is 149 Å². The van der Waals surface area contributed by atoms with Crippen molar-refractivity contribution in [1.82, 2.24) is 9.47 Å². The van der Waals surface area contributed by atoms with E-state index in [4.69, 9.17) is 4.74 Å². The monoisotopic (exact) mass is 358 g/mol. The fraction of sp³-hybridized carbons (Fsp3) is 0.278. The highest BCUT2D eigenvalue weighted by molar-refractivity contribution is 8.18. The van der Waals surface area contributed by atoms with Gasteiger partial charge in [-0.3, -0.25) is 14.5 Å². The molecule has 130 valence electrons. The van der Waals surface area contributed by atoms with Crippen LogP contribution in [0.2, 0.25) is 0 Å². The van der Waals surface area contributed by atoms with E-state index in [1.54, 1.807) is 13.0 Å². The Morgan fingerprint density at radius 1 is 1.32 bits per heavy atom. The van der Waals surface area contributed by atoms with E-state index < -0.39 is 23.2 Å². The van der Waals surface area contributed by atoms with Crippen molar-refractivity contribution in [2.24, 2.45) is 7.05 Å². The zero-order chi connectivity index (χ0) is 18.1. The molecule has 1 atom stereocenters. The molecule has 1 aromatic carbocycles. The summed E-state index contributed by atoms with van der Waals surface area (Å²) in [6.07, 6.45) is 3.61. The van der Waals surface area contributed by atoms with Crippen LogP contribution in [0.15, 0.2) is 35.4 Å². The number of nitrogens with zero attached hydrogens (tertiary/aromatic N) is 2. The molecular formula is C18H18N2O4S. The summed E-state index contributed by atoms with van der Waals surface area (Å²) in [6, 6.07) is 6.88. The molecule has 0 saturated carbocycles. The van der Waals surface area contributed by atoms with Crippen molar-refractivity contribution in [2.45, 2.75) is 19.9 Å². The summed E-state index contributed by atoms with van der Waals surface area (Å²) < 4.78 is 6.88. The van der Waals surface area contributed by atoms with Gasteiger partial charge in [0.2, 0.25) is 0 Å². The van der Waals surface area contributed by atoms with Crippen LogP contribution in [0.4, 0.5) is 4.79 Å². The smallest absolute Gasteiger partial charge is 0.329 e. The fourth-order valence-corrected chi connectivity index (χ4v) is 3.71. The minimum Gasteiger partial charge on any atom is -0.464 e. The van der Waals surface area contributed by atoms with Gasteiger partial charge in [0.25, 0.3) is 11.1 Å². The molecule has 0 N–H and O–H groups in total. The molecule has 1 aliphatic heterocycles. The average Bonchev–Trinajstić information content (AvgIpc) is 3.05. The molecular weight excluding hydrogens is 340 g/mol. The van der Waals surface area contributed by atoms with E-state index in [-0.39, 0.29) is 6.61 Å². The van der Waals surface area contributed by atoms with E-state index in [0.717, 1.165) is 33.1 Å². The molecule has 2 aromatic rings. The van der Waals surface area contributed by atoms with Gasteiger partial charge in [-0.1, -0.05) is 18.2 Å². The Morgan fingerprint density at radius 3 is 2.76 bits per heavy atom. The molecule has 7 heteroatoms. The van der Waals surface area contributed by atoms with Crippen LogP contribution in [0.25, 0.3) is 17.0 Å². The number of benzene rings is 1. The van der Waals surface area contributed by atoms with Crippen molar-refractivity contribution in [1.29, 1.82) is 0 Å². The minimum absolute atomic E-state index is 0.200. The second-order valence-electron chi connectivity index (χ2n) is 5.69. The molecule has 1 saturated heterocycles. The topological polar surface area (TPSA) is 68.6 Å². The predicted molar refractivity (Wildman–Crippen MR) is 96.8 cm³/mol. The van der Waals surface area contributed by atoms with E-state index >= 15 is 0 Å². The third-order valence-electron chi connectivity index (χ3n) is 4.05. The van der Waals surface area contributed by atoms with Gasteiger partial charge in [0, 0.05) is 29.7 Å². The largest absolute Gasteiger partial charge is 0.464 e. The van der Waals surface area contributed by atoms with Crippen LogP contribution in [0.1, 0.15) is 19.4 Å². The first kappa shape index (κ1) is 17.3. The molecule has 2 heterocycles. The van der Waals surface area contributed by atoms with Crippen LogP contribution < -0.4 is 0 Å². The summed E-state index contributed by atoms with van der Waals surface area (Å²) in [4.78, 5) is 38.0. The van der Waals surface area contributed by atoms with E-state index in [2.05, 4.69) is 0 Å². The number of fused-ring (bicyclic) bond motifs is 1. The maximum absolute atomic E-state index is 12.6. The number of para-hydroxylation sites is 1. The first-order valence-electron chi connectivity index (χ1n) is 7.91. The van der Waals surface area contributed by atoms with E-state index in [9.17, 15) is 14.4 Å². The highest BCUT2D eigenvalue weighted by atomic mass is 32.2. The number of hydrogen-bond donors (Lipinski definition) is 0. The van der Waals surface area contributed by atoms with Crippen LogP contribution in [-0.2, 0) is 21.4 Å². The number of rotatable bonds is 4. The summed E-state index contributed by atoms with van der Waals surface area (Å²) in [6.45, 7) is 3.37. The Hall–Kier alpha value is -2.54. The zero-order valence-electron chi connectivity index (χ0n) is 14.2. The first-order valence-corrected chi connectivity index (χ1v) is 8.73. The lowest BCUT2D eigenvalue weighted by Gasteiger charge is -2.19. The van der Waals surface area contributed by atoms with Gasteiger partial charge in [0.1, 0.15) is 6.04 Å². The molecule has 0 aliphatic carbocycles. The Bertz CT molecular complexity index is 900. The van der Waals surface area contributed by atoms with Gasteiger partial charge in [0.15, 0.2) is 0 Å². The van der Waals surface area contributed by atoms with Crippen molar-refractivity contribution in [3.8, 4) is 0 Å². The van der Waals surface area contributed by atoms with Crippen molar-refractivity contribution < 1.29 is 19.1 Å². The molecule has 0 unspecified atom stereocenters. The number of aromatic nitrogens is 1. The van der Waals surface area contributed by atoms with Gasteiger partial charge in [-0.15, -0.1) is 0 Å². The number of amides is 2. The number of esters is 1. The van der Waals surface area contributed by atoms with Gasteiger partial charge in [-0.25, -0.2) is 4.79 Å². The van der Waals surface area contributed by atoms with E-state index in [1.165, 1.54) is 6.92 Å². The molecule has 1 aromatic heterocycles. The van der Waals surface area contributed by atoms with Crippen LogP contribution in [-0.4, -0.2) is 39.2 Å². The van der Waals surface area contributed by atoms with Crippen LogP contribution in [0.3, 0.4) is 0 Å². The first-order chi connectivity index (χ1) is 11.9. The lowest BCUT2D eigenvalue weighted by Crippen LogP contribution is -2.42. The quantitative estimate of drug-likeness (QED) is 0.620. The van der Waals surface area contributed by atoms with Crippen LogP contribution in [0.5, 0.6) is 0 Å². The van der Waals surface area contributed by atoms with Crippen molar-refractivity contribution in [3.63, 3.8) is 0 Å². The zero-order valence-corrected chi connectivity index (χ0v) is 15.0. The molecule has 6 nitrogen and oxygen atoms in total. The lowest BCUT2D eigenvalue weighted by molar-refractivity contribution is -0.150. The third-order valence-corrected chi connectivity index (χ3v) is 4.94. The maximum Gasteiger partial charge on any atom is 0.329 e. The lowest BCUT2D eigenvalue weighted by atomic mass is 10.1. The minimum atomic E-state index is -0.939. The molecule has 1 fully saturated rings. The highest BCUT2D eigenvalue weighted by Crippen LogP contribution is 2.35. The Morgan fingerprint density at radius 2 is 2.04 bits per heavy atom. The summed E-state index contributed by atoms with van der Waals surface area (Å²) in [5.41, 5.74) is 1.89. The van der Waals surface area contributed by atoms with Crippen LogP contribution in [0, 0.1) is 0 Å². The number of carbonyl (C=O) groups excluding carboxylic acids is 3. The molecule has 25 heavy (non-hydrogen) atoms. The van der Waals surface area contributed by atoms with E-state index in [1.807, 2.05) is 42.1 Å². The summed E-state index contributed by atoms with van der Waals surface area (Å²) in [5.74, 6) is -1.06. The normalized spacial score (nSPS) is 17.6. The van der Waals surface area contributed by atoms with Gasteiger partial charge >= 0.3 is 5.97 Å². The number of hydrogen-bond acceptors (Lipinski definition) is 5. The van der Waals surface area contributed by atoms with Gasteiger partial charge in [-0.05, 0) is 37.8 Å². The third kappa shape index (κ3) is 3.07. The standard InChI is InChI=1S/C18H18N2O4S/c1-4-24-17(22)11(2)20-16(21)15(25-18(20)23)9-12-10-19(3)14-8-6-5-7-13(12)14/h5-11H,4H2,1-3H3/b15-9+/t11-/m0/s1. The Kier molecular flexibility index (Phi) is 4.67. The highest BCUT2D eigenvalue weighted by Gasteiger charge is 2.41.